The number of nitrogens with one attached hydrogen (secondary N) is 1. The Kier molecular flexibility index (Phi) is 5.37. The van der Waals surface area contributed by atoms with Crippen LogP contribution in [0.2, 0.25) is 0 Å². The van der Waals surface area contributed by atoms with E-state index in [-0.39, 0.29) is 12.0 Å². The number of hydrogen-bond acceptors (Lipinski definition) is 3. The van der Waals surface area contributed by atoms with Gasteiger partial charge in [-0.1, -0.05) is 36.8 Å². The molecule has 1 heterocycles. The van der Waals surface area contributed by atoms with Gasteiger partial charge in [-0.2, -0.15) is 0 Å². The average molecular weight is 342 g/mol. The SMILES string of the molecule is O=C(C[C@@H]1C[C@@H]2CC[C@@H]1C2)NC[C@@H]1CN(Cc2ccccc2)CCO1. The van der Waals surface area contributed by atoms with Crippen LogP contribution in [-0.4, -0.2) is 43.2 Å². The highest BCUT2D eigenvalue weighted by Crippen LogP contribution is 2.49. The van der Waals surface area contributed by atoms with Gasteiger partial charge in [0.25, 0.3) is 0 Å². The van der Waals surface area contributed by atoms with Crippen LogP contribution < -0.4 is 5.32 Å². The Bertz CT molecular complexity index is 577. The minimum Gasteiger partial charge on any atom is -0.374 e. The fourth-order valence-electron chi connectivity index (χ4n) is 5.05. The zero-order chi connectivity index (χ0) is 17.1. The molecule has 4 rings (SSSR count). The Morgan fingerprint density at radius 2 is 2.08 bits per heavy atom. The number of amides is 1. The molecule has 1 aliphatic heterocycles. The molecule has 0 radical (unpaired) electrons. The summed E-state index contributed by atoms with van der Waals surface area (Å²) in [6, 6.07) is 10.6. The van der Waals surface area contributed by atoms with Crippen molar-refractivity contribution in [1.82, 2.24) is 10.2 Å². The van der Waals surface area contributed by atoms with Crippen LogP contribution in [0, 0.1) is 17.8 Å². The molecule has 1 aromatic carbocycles. The summed E-state index contributed by atoms with van der Waals surface area (Å²) < 4.78 is 5.86. The second-order valence-corrected chi connectivity index (χ2v) is 8.16. The predicted octanol–water partition coefficient (Wildman–Crippen LogP) is 2.83. The normalized spacial score (nSPS) is 32.0. The number of rotatable bonds is 6. The second kappa shape index (κ2) is 7.88. The molecule has 0 unspecified atom stereocenters. The lowest BCUT2D eigenvalue weighted by atomic mass is 9.86. The summed E-state index contributed by atoms with van der Waals surface area (Å²) in [6.07, 6.45) is 6.24. The molecule has 2 aliphatic carbocycles. The highest BCUT2D eigenvalue weighted by Gasteiger charge is 2.40. The second-order valence-electron chi connectivity index (χ2n) is 8.16. The molecule has 3 aliphatic rings. The van der Waals surface area contributed by atoms with Crippen molar-refractivity contribution in [3.63, 3.8) is 0 Å². The van der Waals surface area contributed by atoms with Crippen LogP contribution in [0.3, 0.4) is 0 Å². The zero-order valence-corrected chi connectivity index (χ0v) is 15.0. The van der Waals surface area contributed by atoms with Crippen molar-refractivity contribution in [1.29, 1.82) is 0 Å². The van der Waals surface area contributed by atoms with Crippen molar-refractivity contribution in [3.8, 4) is 0 Å². The van der Waals surface area contributed by atoms with Crippen molar-refractivity contribution in [3.05, 3.63) is 35.9 Å². The molecule has 2 bridgehead atoms. The van der Waals surface area contributed by atoms with Gasteiger partial charge >= 0.3 is 0 Å². The fourth-order valence-corrected chi connectivity index (χ4v) is 5.05. The molecule has 1 saturated heterocycles. The van der Waals surface area contributed by atoms with Gasteiger partial charge in [0, 0.05) is 32.6 Å². The fraction of sp³-hybridized carbons (Fsp3) is 0.667. The van der Waals surface area contributed by atoms with E-state index in [1.807, 2.05) is 0 Å². The number of ether oxygens (including phenoxy) is 1. The maximum absolute atomic E-state index is 12.3. The van der Waals surface area contributed by atoms with E-state index >= 15 is 0 Å². The van der Waals surface area contributed by atoms with Gasteiger partial charge in [-0.05, 0) is 42.6 Å². The topological polar surface area (TPSA) is 41.6 Å². The van der Waals surface area contributed by atoms with Crippen molar-refractivity contribution in [2.24, 2.45) is 17.8 Å². The highest BCUT2D eigenvalue weighted by atomic mass is 16.5. The van der Waals surface area contributed by atoms with E-state index in [4.69, 9.17) is 4.74 Å². The van der Waals surface area contributed by atoms with E-state index in [2.05, 4.69) is 40.5 Å². The Morgan fingerprint density at radius 3 is 2.84 bits per heavy atom. The molecule has 2 saturated carbocycles. The minimum absolute atomic E-state index is 0.112. The minimum atomic E-state index is 0.112. The van der Waals surface area contributed by atoms with E-state index in [9.17, 15) is 4.79 Å². The molecule has 0 aromatic heterocycles. The molecule has 4 nitrogen and oxygen atoms in total. The summed E-state index contributed by atoms with van der Waals surface area (Å²) >= 11 is 0. The van der Waals surface area contributed by atoms with Gasteiger partial charge < -0.3 is 10.1 Å². The van der Waals surface area contributed by atoms with E-state index in [0.29, 0.717) is 12.5 Å². The van der Waals surface area contributed by atoms with Gasteiger partial charge in [0.05, 0.1) is 12.7 Å². The summed E-state index contributed by atoms with van der Waals surface area (Å²) in [4.78, 5) is 14.7. The summed E-state index contributed by atoms with van der Waals surface area (Å²) in [5.41, 5.74) is 1.34. The number of carbonyl (C=O) groups is 1. The van der Waals surface area contributed by atoms with Gasteiger partial charge in [-0.15, -0.1) is 0 Å². The molecular weight excluding hydrogens is 312 g/mol. The first-order valence-electron chi connectivity index (χ1n) is 9.91. The van der Waals surface area contributed by atoms with E-state index in [1.54, 1.807) is 0 Å². The summed E-state index contributed by atoms with van der Waals surface area (Å²) in [5, 5.41) is 3.13. The lowest BCUT2D eigenvalue weighted by Crippen LogP contribution is -2.47. The first kappa shape index (κ1) is 17.0. The molecule has 136 valence electrons. The third kappa shape index (κ3) is 4.42. The third-order valence-electron chi connectivity index (χ3n) is 6.33. The van der Waals surface area contributed by atoms with Crippen molar-refractivity contribution in [2.75, 3.05) is 26.2 Å². The van der Waals surface area contributed by atoms with Crippen molar-refractivity contribution in [2.45, 2.75) is 44.8 Å². The first-order chi connectivity index (χ1) is 12.3. The van der Waals surface area contributed by atoms with Gasteiger partial charge in [-0.25, -0.2) is 0 Å². The molecule has 1 amide bonds. The highest BCUT2D eigenvalue weighted by molar-refractivity contribution is 5.76. The molecule has 3 fully saturated rings. The van der Waals surface area contributed by atoms with E-state index in [0.717, 1.165) is 44.5 Å². The molecular formula is C21H30N2O2. The smallest absolute Gasteiger partial charge is 0.220 e. The van der Waals surface area contributed by atoms with Crippen molar-refractivity contribution < 1.29 is 9.53 Å². The van der Waals surface area contributed by atoms with Crippen molar-refractivity contribution >= 4 is 5.91 Å². The molecule has 4 atom stereocenters. The number of nitrogens with zero attached hydrogens (tertiary/aromatic N) is 1. The van der Waals surface area contributed by atoms with Crippen LogP contribution in [0.1, 0.15) is 37.7 Å². The monoisotopic (exact) mass is 342 g/mol. The summed E-state index contributed by atoms with van der Waals surface area (Å²) in [5.74, 6) is 2.60. The Morgan fingerprint density at radius 1 is 1.20 bits per heavy atom. The maximum atomic E-state index is 12.3. The van der Waals surface area contributed by atoms with E-state index < -0.39 is 0 Å². The first-order valence-corrected chi connectivity index (χ1v) is 9.91. The quantitative estimate of drug-likeness (QED) is 0.864. The Hall–Kier alpha value is -1.39. The predicted molar refractivity (Wildman–Crippen MR) is 98.0 cm³/mol. The number of benzene rings is 1. The number of morpholine rings is 1. The maximum Gasteiger partial charge on any atom is 0.220 e. The van der Waals surface area contributed by atoms with Crippen LogP contribution in [0.4, 0.5) is 0 Å². The van der Waals surface area contributed by atoms with Crippen LogP contribution in [0.25, 0.3) is 0 Å². The number of fused-ring (bicyclic) bond motifs is 2. The molecule has 25 heavy (non-hydrogen) atoms. The van der Waals surface area contributed by atoms with Gasteiger partial charge in [0.15, 0.2) is 0 Å². The van der Waals surface area contributed by atoms with Crippen LogP contribution in [-0.2, 0) is 16.1 Å². The summed E-state index contributed by atoms with van der Waals surface area (Å²) in [7, 11) is 0. The molecule has 1 aromatic rings. The van der Waals surface area contributed by atoms with Crippen LogP contribution in [0.15, 0.2) is 30.3 Å². The third-order valence-corrected chi connectivity index (χ3v) is 6.33. The number of hydrogen-bond donors (Lipinski definition) is 1. The van der Waals surface area contributed by atoms with Gasteiger partial charge in [0.2, 0.25) is 5.91 Å². The molecule has 4 heteroatoms. The largest absolute Gasteiger partial charge is 0.374 e. The average Bonchev–Trinajstić information content (AvgIpc) is 3.24. The lowest BCUT2D eigenvalue weighted by molar-refractivity contribution is -0.123. The molecule has 1 N–H and O–H groups in total. The zero-order valence-electron chi connectivity index (χ0n) is 15.0. The number of carbonyl (C=O) groups excluding carboxylic acids is 1. The molecule has 0 spiro atoms. The lowest BCUT2D eigenvalue weighted by Gasteiger charge is -2.33. The Labute approximate surface area is 150 Å². The van der Waals surface area contributed by atoms with Crippen LogP contribution >= 0.6 is 0 Å². The standard InChI is InChI=1S/C21H30N2O2/c24-21(12-19-11-17-6-7-18(19)10-17)22-13-20-15-23(8-9-25-20)14-16-4-2-1-3-5-16/h1-5,17-20H,6-15H2,(H,22,24)/t17-,18-,19+,20-/m1/s1. The van der Waals surface area contributed by atoms with Crippen LogP contribution in [0.5, 0.6) is 0 Å². The van der Waals surface area contributed by atoms with Gasteiger partial charge in [-0.3, -0.25) is 9.69 Å². The summed E-state index contributed by atoms with van der Waals surface area (Å²) in [6.45, 7) is 4.21. The van der Waals surface area contributed by atoms with Gasteiger partial charge in [0.1, 0.15) is 0 Å². The van der Waals surface area contributed by atoms with E-state index in [1.165, 1.54) is 31.2 Å². The Balaban J connectivity index is 1.19.